The van der Waals surface area contributed by atoms with Gasteiger partial charge in [-0.2, -0.15) is 0 Å². The van der Waals surface area contributed by atoms with Crippen LogP contribution in [-0.2, 0) is 10.0 Å². The van der Waals surface area contributed by atoms with Crippen molar-refractivity contribution in [2.45, 2.75) is 17.4 Å². The summed E-state index contributed by atoms with van der Waals surface area (Å²) >= 11 is 0. The maximum Gasteiger partial charge on any atom is 0.243 e. The van der Waals surface area contributed by atoms with Crippen molar-refractivity contribution in [1.82, 2.24) is 4.72 Å². The van der Waals surface area contributed by atoms with Crippen LogP contribution in [0.1, 0.15) is 6.92 Å². The van der Waals surface area contributed by atoms with E-state index in [0.29, 0.717) is 5.75 Å². The number of hydrogen-bond acceptors (Lipinski definition) is 6. The van der Waals surface area contributed by atoms with Gasteiger partial charge in [-0.15, -0.1) is 0 Å². The van der Waals surface area contributed by atoms with E-state index in [4.69, 9.17) is 20.7 Å². The summed E-state index contributed by atoms with van der Waals surface area (Å²) in [6, 6.07) is 4.13. The highest BCUT2D eigenvalue weighted by molar-refractivity contribution is 7.89. The van der Waals surface area contributed by atoms with Crippen LogP contribution in [0, 0.1) is 0 Å². The SMILES string of the molecule is COc1ccc(S(=O)(=O)NC(C)(CO)CO)c(N)c1. The molecule has 0 unspecified atom stereocenters. The molecule has 8 heteroatoms. The van der Waals surface area contributed by atoms with Crippen molar-refractivity contribution in [1.29, 1.82) is 0 Å². The number of rotatable bonds is 6. The smallest absolute Gasteiger partial charge is 0.243 e. The summed E-state index contributed by atoms with van der Waals surface area (Å²) < 4.78 is 31.4. The highest BCUT2D eigenvalue weighted by Gasteiger charge is 2.30. The normalized spacial score (nSPS) is 12.4. The van der Waals surface area contributed by atoms with Gasteiger partial charge in [-0.05, 0) is 19.1 Å². The summed E-state index contributed by atoms with van der Waals surface area (Å²) in [4.78, 5) is -0.138. The summed E-state index contributed by atoms with van der Waals surface area (Å²) in [6.45, 7) is 0.293. The molecule has 0 atom stereocenters. The van der Waals surface area contributed by atoms with Crippen molar-refractivity contribution in [2.75, 3.05) is 26.1 Å². The van der Waals surface area contributed by atoms with Crippen LogP contribution in [0.3, 0.4) is 0 Å². The van der Waals surface area contributed by atoms with Gasteiger partial charge in [0.1, 0.15) is 10.6 Å². The van der Waals surface area contributed by atoms with Gasteiger partial charge in [-0.25, -0.2) is 13.1 Å². The van der Waals surface area contributed by atoms with Crippen molar-refractivity contribution in [2.24, 2.45) is 0 Å². The van der Waals surface area contributed by atoms with Gasteiger partial charge in [-0.3, -0.25) is 0 Å². The topological polar surface area (TPSA) is 122 Å². The molecule has 0 bridgehead atoms. The number of nitrogens with two attached hydrogens (primary N) is 1. The second kappa shape index (κ2) is 5.74. The monoisotopic (exact) mass is 290 g/mol. The van der Waals surface area contributed by atoms with Crippen LogP contribution < -0.4 is 15.2 Å². The molecule has 0 radical (unpaired) electrons. The second-order valence-corrected chi connectivity index (χ2v) is 6.04. The lowest BCUT2D eigenvalue weighted by molar-refractivity contribution is 0.122. The van der Waals surface area contributed by atoms with Crippen LogP contribution in [0.2, 0.25) is 0 Å². The Morgan fingerprint density at radius 1 is 1.37 bits per heavy atom. The number of nitrogens with one attached hydrogen (secondary N) is 1. The van der Waals surface area contributed by atoms with Crippen molar-refractivity contribution < 1.29 is 23.4 Å². The summed E-state index contributed by atoms with van der Waals surface area (Å²) in [6.07, 6.45) is 0. The first kappa shape index (κ1) is 15.7. The van der Waals surface area contributed by atoms with E-state index < -0.39 is 28.8 Å². The average molecular weight is 290 g/mol. The molecule has 0 aliphatic heterocycles. The van der Waals surface area contributed by atoms with E-state index in [9.17, 15) is 8.42 Å². The first-order valence-corrected chi connectivity index (χ1v) is 6.95. The molecule has 1 aromatic rings. The average Bonchev–Trinajstić information content (AvgIpc) is 2.37. The fraction of sp³-hybridized carbons (Fsp3) is 0.455. The van der Waals surface area contributed by atoms with Crippen LogP contribution in [0.15, 0.2) is 23.1 Å². The molecule has 19 heavy (non-hydrogen) atoms. The Hall–Kier alpha value is -1.35. The minimum Gasteiger partial charge on any atom is -0.497 e. The Morgan fingerprint density at radius 3 is 2.37 bits per heavy atom. The van der Waals surface area contributed by atoms with Gasteiger partial charge in [-0.1, -0.05) is 0 Å². The molecule has 0 heterocycles. The predicted molar refractivity (Wildman–Crippen MR) is 70.3 cm³/mol. The van der Waals surface area contributed by atoms with E-state index in [1.54, 1.807) is 0 Å². The van der Waals surface area contributed by atoms with Crippen molar-refractivity contribution >= 4 is 15.7 Å². The van der Waals surface area contributed by atoms with E-state index >= 15 is 0 Å². The third-order valence-corrected chi connectivity index (χ3v) is 4.30. The number of nitrogen functional groups attached to an aromatic ring is 1. The Kier molecular flexibility index (Phi) is 4.75. The molecule has 0 aliphatic carbocycles. The number of ether oxygens (including phenoxy) is 1. The first-order chi connectivity index (χ1) is 8.78. The number of aliphatic hydroxyl groups excluding tert-OH is 2. The Morgan fingerprint density at radius 2 is 1.95 bits per heavy atom. The summed E-state index contributed by atoms with van der Waals surface area (Å²) in [5.74, 6) is 0.434. The third kappa shape index (κ3) is 3.57. The standard InChI is InChI=1S/C11H18N2O5S/c1-11(6-14,7-15)13-19(16,17)10-4-3-8(18-2)5-9(10)12/h3-5,13-15H,6-7,12H2,1-2H3. The zero-order valence-corrected chi connectivity index (χ0v) is 11.6. The fourth-order valence-electron chi connectivity index (χ4n) is 1.39. The molecule has 0 spiro atoms. The third-order valence-electron chi connectivity index (χ3n) is 2.59. The molecule has 0 amide bonds. The molecule has 0 aliphatic rings. The lowest BCUT2D eigenvalue weighted by Crippen LogP contribution is -2.51. The zero-order chi connectivity index (χ0) is 14.7. The van der Waals surface area contributed by atoms with E-state index in [0.717, 1.165) is 0 Å². The van der Waals surface area contributed by atoms with Gasteiger partial charge in [0.25, 0.3) is 0 Å². The summed E-state index contributed by atoms with van der Waals surface area (Å²) in [7, 11) is -2.51. The van der Waals surface area contributed by atoms with Gasteiger partial charge in [0.05, 0.1) is 31.5 Å². The molecule has 0 saturated carbocycles. The van der Waals surface area contributed by atoms with Crippen LogP contribution >= 0.6 is 0 Å². The molecule has 1 rings (SSSR count). The van der Waals surface area contributed by atoms with Gasteiger partial charge >= 0.3 is 0 Å². The maximum absolute atomic E-state index is 12.1. The molecule has 1 aromatic carbocycles. The Balaban J connectivity index is 3.14. The van der Waals surface area contributed by atoms with Gasteiger partial charge in [0, 0.05) is 6.07 Å². The molecule has 0 fully saturated rings. The van der Waals surface area contributed by atoms with Crippen molar-refractivity contribution in [3.63, 3.8) is 0 Å². The van der Waals surface area contributed by atoms with Crippen LogP contribution in [0.4, 0.5) is 5.69 Å². The fourth-order valence-corrected chi connectivity index (χ4v) is 2.90. The number of anilines is 1. The number of methoxy groups -OCH3 is 1. The second-order valence-electron chi connectivity index (χ2n) is 4.39. The highest BCUT2D eigenvalue weighted by atomic mass is 32.2. The Labute approximate surface area is 112 Å². The maximum atomic E-state index is 12.1. The minimum absolute atomic E-state index is 0.0186. The molecule has 108 valence electrons. The van der Waals surface area contributed by atoms with E-state index in [2.05, 4.69) is 4.72 Å². The van der Waals surface area contributed by atoms with Crippen LogP contribution in [0.5, 0.6) is 5.75 Å². The molecular formula is C11H18N2O5S. The van der Waals surface area contributed by atoms with Gasteiger partial charge < -0.3 is 20.7 Å². The summed E-state index contributed by atoms with van der Waals surface area (Å²) in [5, 5.41) is 18.2. The number of aliphatic hydroxyl groups is 2. The number of benzene rings is 1. The number of hydrogen-bond donors (Lipinski definition) is 4. The summed E-state index contributed by atoms with van der Waals surface area (Å²) in [5.41, 5.74) is 4.32. The minimum atomic E-state index is -3.95. The van der Waals surface area contributed by atoms with Crippen molar-refractivity contribution in [3.05, 3.63) is 18.2 Å². The van der Waals surface area contributed by atoms with Crippen LogP contribution in [-0.4, -0.2) is 44.5 Å². The lowest BCUT2D eigenvalue weighted by atomic mass is 10.1. The van der Waals surface area contributed by atoms with Crippen molar-refractivity contribution in [3.8, 4) is 5.75 Å². The molecular weight excluding hydrogens is 272 g/mol. The molecule has 5 N–H and O–H groups in total. The quantitative estimate of drug-likeness (QED) is 0.514. The van der Waals surface area contributed by atoms with E-state index in [1.807, 2.05) is 0 Å². The highest BCUT2D eigenvalue weighted by Crippen LogP contribution is 2.24. The zero-order valence-electron chi connectivity index (χ0n) is 10.8. The Bertz CT molecular complexity index is 540. The largest absolute Gasteiger partial charge is 0.497 e. The first-order valence-electron chi connectivity index (χ1n) is 5.47. The molecule has 0 saturated heterocycles. The number of sulfonamides is 1. The predicted octanol–water partition coefficient (Wildman–Crippen LogP) is -0.701. The molecule has 7 nitrogen and oxygen atoms in total. The molecule has 0 aromatic heterocycles. The van der Waals surface area contributed by atoms with Crippen LogP contribution in [0.25, 0.3) is 0 Å². The van der Waals surface area contributed by atoms with E-state index in [1.165, 1.54) is 32.2 Å². The van der Waals surface area contributed by atoms with Gasteiger partial charge in [0.15, 0.2) is 0 Å². The van der Waals surface area contributed by atoms with E-state index in [-0.39, 0.29) is 10.6 Å². The lowest BCUT2D eigenvalue weighted by Gasteiger charge is -2.26. The van der Waals surface area contributed by atoms with Gasteiger partial charge in [0.2, 0.25) is 10.0 Å².